The topological polar surface area (TPSA) is 73.6 Å². The Morgan fingerprint density at radius 3 is 2.78 bits per heavy atom. The summed E-state index contributed by atoms with van der Waals surface area (Å²) in [6.45, 7) is 2.88. The molecule has 0 fully saturated rings. The van der Waals surface area contributed by atoms with Crippen LogP contribution in [0.2, 0.25) is 0 Å². The van der Waals surface area contributed by atoms with Gasteiger partial charge in [0, 0.05) is 23.5 Å². The van der Waals surface area contributed by atoms with Crippen molar-refractivity contribution in [2.45, 2.75) is 26.2 Å². The van der Waals surface area contributed by atoms with Crippen molar-refractivity contribution in [3.63, 3.8) is 0 Å². The normalized spacial score (nSPS) is 20.5. The molecule has 3 N–H and O–H groups in total. The van der Waals surface area contributed by atoms with E-state index in [1.54, 1.807) is 7.11 Å². The van der Waals surface area contributed by atoms with Crippen LogP contribution in [0, 0.1) is 17.8 Å². The van der Waals surface area contributed by atoms with Crippen molar-refractivity contribution < 1.29 is 14.3 Å². The van der Waals surface area contributed by atoms with E-state index >= 15 is 0 Å². The number of anilines is 2. The predicted octanol–water partition coefficient (Wildman–Crippen LogP) is 4.87. The molecular weight excluding hydrogens is 400 g/mol. The van der Waals surface area contributed by atoms with Crippen LogP contribution in [0.25, 0.3) is 5.57 Å². The van der Waals surface area contributed by atoms with Gasteiger partial charge in [0.05, 0.1) is 20.1 Å². The van der Waals surface area contributed by atoms with Crippen LogP contribution in [0.5, 0.6) is 5.75 Å². The molecule has 2 aliphatic rings. The third-order valence-corrected chi connectivity index (χ3v) is 6.66. The lowest BCUT2D eigenvalue weighted by molar-refractivity contribution is -0.144. The Labute approximate surface area is 190 Å². The van der Waals surface area contributed by atoms with Gasteiger partial charge in [0.2, 0.25) is 0 Å². The predicted molar refractivity (Wildman–Crippen MR) is 130 cm³/mol. The average molecular weight is 433 g/mol. The van der Waals surface area contributed by atoms with Crippen LogP contribution in [-0.4, -0.2) is 26.7 Å². The van der Waals surface area contributed by atoms with Crippen LogP contribution in [0.3, 0.4) is 0 Å². The number of esters is 1. The zero-order valence-corrected chi connectivity index (χ0v) is 19.1. The number of nitrogens with two attached hydrogens (primary N) is 1. The lowest BCUT2D eigenvalue weighted by Gasteiger charge is -2.32. The highest BCUT2D eigenvalue weighted by Gasteiger charge is 2.26. The molecular formula is C27H32N2O3. The summed E-state index contributed by atoms with van der Waals surface area (Å²) in [4.78, 5) is 11.8. The van der Waals surface area contributed by atoms with Crippen molar-refractivity contribution >= 4 is 22.9 Å². The number of ether oxygens (including phenoxy) is 2. The molecule has 2 aromatic carbocycles. The summed E-state index contributed by atoms with van der Waals surface area (Å²) >= 11 is 0. The summed E-state index contributed by atoms with van der Waals surface area (Å²) in [6, 6.07) is 12.3. The van der Waals surface area contributed by atoms with Gasteiger partial charge in [-0.25, -0.2) is 0 Å². The van der Waals surface area contributed by atoms with Gasteiger partial charge < -0.3 is 20.5 Å². The monoisotopic (exact) mass is 432 g/mol. The minimum atomic E-state index is -0.162. The number of nitrogen functional groups attached to an aromatic ring is 1. The van der Waals surface area contributed by atoms with Crippen molar-refractivity contribution in [1.82, 2.24) is 0 Å². The number of carbonyl (C=O) groups is 1. The van der Waals surface area contributed by atoms with E-state index in [4.69, 9.17) is 15.2 Å². The van der Waals surface area contributed by atoms with Gasteiger partial charge in [-0.3, -0.25) is 4.79 Å². The van der Waals surface area contributed by atoms with Gasteiger partial charge in [-0.05, 0) is 72.1 Å². The van der Waals surface area contributed by atoms with Crippen LogP contribution in [-0.2, 0) is 22.4 Å². The summed E-state index contributed by atoms with van der Waals surface area (Å²) in [7, 11) is 3.12. The summed E-state index contributed by atoms with van der Waals surface area (Å²) in [6.07, 6.45) is 9.53. The van der Waals surface area contributed by atoms with Crippen molar-refractivity contribution in [3.8, 4) is 5.75 Å². The van der Waals surface area contributed by atoms with E-state index in [1.807, 2.05) is 25.1 Å². The standard InChI is InChI=1S/C27H32N2O3/c1-17(27(30)32-3)12-18-4-11-26-21(13-18)14-22(16-29-26)19-5-7-20(8-6-19)24-15-23(31-2)9-10-25(24)28/h4-5,7-11,13,15,17,19,22,29H,6,12,14,16,28H2,1-3H3/t17-,19?,22?/m0/s1. The molecule has 0 radical (unpaired) electrons. The van der Waals surface area contributed by atoms with Gasteiger partial charge in [-0.1, -0.05) is 37.3 Å². The van der Waals surface area contributed by atoms with Gasteiger partial charge >= 0.3 is 5.97 Å². The number of methoxy groups -OCH3 is 2. The number of fused-ring (bicyclic) bond motifs is 1. The zero-order chi connectivity index (χ0) is 22.7. The number of benzene rings is 2. The fourth-order valence-electron chi connectivity index (χ4n) is 4.75. The molecule has 5 nitrogen and oxygen atoms in total. The first-order valence-corrected chi connectivity index (χ1v) is 11.2. The molecule has 1 heterocycles. The largest absolute Gasteiger partial charge is 0.497 e. The number of hydrogen-bond donors (Lipinski definition) is 2. The Kier molecular flexibility index (Phi) is 6.54. The molecule has 0 aromatic heterocycles. The quantitative estimate of drug-likeness (QED) is 0.503. The number of carbonyl (C=O) groups excluding carboxylic acids is 1. The molecule has 168 valence electrons. The third-order valence-electron chi connectivity index (χ3n) is 6.66. The Bertz CT molecular complexity index is 1060. The van der Waals surface area contributed by atoms with Crippen LogP contribution in [0.4, 0.5) is 11.4 Å². The van der Waals surface area contributed by atoms with E-state index in [2.05, 4.69) is 41.7 Å². The minimum Gasteiger partial charge on any atom is -0.497 e. The maximum absolute atomic E-state index is 11.8. The van der Waals surface area contributed by atoms with E-state index in [9.17, 15) is 4.79 Å². The Morgan fingerprint density at radius 2 is 2.06 bits per heavy atom. The maximum atomic E-state index is 11.8. The van der Waals surface area contributed by atoms with E-state index in [0.29, 0.717) is 18.3 Å². The van der Waals surface area contributed by atoms with Gasteiger partial charge in [0.1, 0.15) is 5.75 Å². The Hall–Kier alpha value is -3.21. The van der Waals surface area contributed by atoms with Gasteiger partial charge in [0.25, 0.3) is 0 Å². The van der Waals surface area contributed by atoms with Crippen molar-refractivity contribution in [2.75, 3.05) is 31.8 Å². The summed E-state index contributed by atoms with van der Waals surface area (Å²) in [5.74, 6) is 1.51. The molecule has 32 heavy (non-hydrogen) atoms. The first-order valence-electron chi connectivity index (χ1n) is 11.2. The average Bonchev–Trinajstić information content (AvgIpc) is 2.83. The van der Waals surface area contributed by atoms with E-state index in [-0.39, 0.29) is 11.9 Å². The maximum Gasteiger partial charge on any atom is 0.308 e. The van der Waals surface area contributed by atoms with Crippen molar-refractivity contribution in [1.29, 1.82) is 0 Å². The second-order valence-electron chi connectivity index (χ2n) is 8.84. The van der Waals surface area contributed by atoms with Gasteiger partial charge in [-0.15, -0.1) is 0 Å². The smallest absolute Gasteiger partial charge is 0.308 e. The molecule has 2 unspecified atom stereocenters. The van der Waals surface area contributed by atoms with E-state index in [1.165, 1.54) is 23.9 Å². The highest BCUT2D eigenvalue weighted by atomic mass is 16.5. The van der Waals surface area contributed by atoms with Crippen LogP contribution in [0.1, 0.15) is 30.0 Å². The van der Waals surface area contributed by atoms with Crippen molar-refractivity contribution in [2.24, 2.45) is 17.8 Å². The number of allylic oxidation sites excluding steroid dienone is 4. The Morgan fingerprint density at radius 1 is 1.22 bits per heavy atom. The number of nitrogens with one attached hydrogen (secondary N) is 1. The molecule has 1 aliphatic heterocycles. The molecule has 0 spiro atoms. The molecule has 2 aromatic rings. The molecule has 0 saturated heterocycles. The Balaban J connectivity index is 1.44. The summed E-state index contributed by atoms with van der Waals surface area (Å²) in [5, 5.41) is 3.61. The van der Waals surface area contributed by atoms with Crippen LogP contribution in [0.15, 0.2) is 54.6 Å². The molecule has 1 aliphatic carbocycles. The first-order chi connectivity index (χ1) is 15.5. The molecule has 3 atom stereocenters. The third kappa shape index (κ3) is 4.67. The van der Waals surface area contributed by atoms with Gasteiger partial charge in [0.15, 0.2) is 0 Å². The molecule has 0 amide bonds. The van der Waals surface area contributed by atoms with Crippen LogP contribution >= 0.6 is 0 Å². The molecule has 4 rings (SSSR count). The second kappa shape index (κ2) is 9.51. The first kappa shape index (κ1) is 22.0. The SMILES string of the molecule is COC(=O)[C@@H](C)Cc1ccc2c(c1)CC(C1C=CC(c3cc(OC)ccc3N)=CC1)CN2. The molecule has 0 bridgehead atoms. The van der Waals surface area contributed by atoms with E-state index < -0.39 is 0 Å². The van der Waals surface area contributed by atoms with Crippen molar-refractivity contribution in [3.05, 3.63) is 71.3 Å². The van der Waals surface area contributed by atoms with E-state index in [0.717, 1.165) is 42.0 Å². The number of hydrogen-bond acceptors (Lipinski definition) is 5. The summed E-state index contributed by atoms with van der Waals surface area (Å²) < 4.78 is 10.2. The molecule has 5 heteroatoms. The zero-order valence-electron chi connectivity index (χ0n) is 19.1. The second-order valence-corrected chi connectivity index (χ2v) is 8.84. The minimum absolute atomic E-state index is 0.140. The fourth-order valence-corrected chi connectivity index (χ4v) is 4.75. The fraction of sp³-hybridized carbons (Fsp3) is 0.370. The summed E-state index contributed by atoms with van der Waals surface area (Å²) in [5.41, 5.74) is 12.9. The lowest BCUT2D eigenvalue weighted by Crippen LogP contribution is -2.29. The highest BCUT2D eigenvalue weighted by molar-refractivity contribution is 5.82. The molecule has 0 saturated carbocycles. The highest BCUT2D eigenvalue weighted by Crippen LogP contribution is 2.36. The lowest BCUT2D eigenvalue weighted by atomic mass is 9.78. The van der Waals surface area contributed by atoms with Crippen LogP contribution < -0.4 is 15.8 Å². The van der Waals surface area contributed by atoms with Gasteiger partial charge in [-0.2, -0.15) is 0 Å². The number of rotatable bonds is 6.